The van der Waals surface area contributed by atoms with Gasteiger partial charge >= 0.3 is 0 Å². The number of aliphatic hydroxyl groups is 1. The normalized spacial score (nSPS) is 13.6. The van der Waals surface area contributed by atoms with E-state index in [2.05, 4.69) is 35.1 Å². The zero-order valence-corrected chi connectivity index (χ0v) is 10.3. The fourth-order valence-electron chi connectivity index (χ4n) is 1.73. The van der Waals surface area contributed by atoms with Crippen molar-refractivity contribution in [1.82, 2.24) is 9.97 Å². The van der Waals surface area contributed by atoms with Crippen LogP contribution in [0.5, 0.6) is 0 Å². The molecule has 2 N–H and O–H groups in total. The summed E-state index contributed by atoms with van der Waals surface area (Å²) in [6.07, 6.45) is 6.00. The Morgan fingerprint density at radius 1 is 1.47 bits per heavy atom. The van der Waals surface area contributed by atoms with Gasteiger partial charge in [0.15, 0.2) is 0 Å². The maximum atomic E-state index is 9.46. The standard InChI is InChI=1S/C14H18N2O/c1-3-4-5-6-11-7-8-12-13(9-11)16-14(15-12)10(2)17/h5-10,17H,3-4H2,1-2H3,(H,15,16)/b6-5+/t10-/m0/s1. The molecule has 0 aliphatic heterocycles. The van der Waals surface area contributed by atoms with E-state index in [1.807, 2.05) is 12.1 Å². The molecule has 2 aromatic rings. The van der Waals surface area contributed by atoms with Crippen molar-refractivity contribution in [2.45, 2.75) is 32.8 Å². The highest BCUT2D eigenvalue weighted by atomic mass is 16.3. The number of H-pyrrole nitrogens is 1. The number of fused-ring (bicyclic) bond motifs is 1. The van der Waals surface area contributed by atoms with Crippen molar-refractivity contribution in [2.75, 3.05) is 0 Å². The van der Waals surface area contributed by atoms with Crippen LogP contribution in [0.15, 0.2) is 24.3 Å². The fourth-order valence-corrected chi connectivity index (χ4v) is 1.73. The van der Waals surface area contributed by atoms with Gasteiger partial charge in [-0.1, -0.05) is 31.6 Å². The van der Waals surface area contributed by atoms with Crippen molar-refractivity contribution in [3.8, 4) is 0 Å². The highest BCUT2D eigenvalue weighted by Gasteiger charge is 2.07. The van der Waals surface area contributed by atoms with Gasteiger partial charge in [-0.25, -0.2) is 4.98 Å². The molecule has 0 unspecified atom stereocenters. The molecule has 0 amide bonds. The molecule has 0 radical (unpaired) electrons. The molecule has 0 aliphatic rings. The maximum absolute atomic E-state index is 9.46. The zero-order chi connectivity index (χ0) is 12.3. The summed E-state index contributed by atoms with van der Waals surface area (Å²) < 4.78 is 0. The average Bonchev–Trinajstić information content (AvgIpc) is 2.72. The predicted octanol–water partition coefficient (Wildman–Crippen LogP) is 3.43. The highest BCUT2D eigenvalue weighted by molar-refractivity contribution is 5.78. The van der Waals surface area contributed by atoms with Crippen molar-refractivity contribution >= 4 is 17.1 Å². The minimum absolute atomic E-state index is 0.554. The number of rotatable bonds is 4. The lowest BCUT2D eigenvalue weighted by Crippen LogP contribution is -1.92. The van der Waals surface area contributed by atoms with Gasteiger partial charge in [0, 0.05) is 0 Å². The first-order valence-corrected chi connectivity index (χ1v) is 6.05. The van der Waals surface area contributed by atoms with E-state index in [4.69, 9.17) is 0 Å². The van der Waals surface area contributed by atoms with Crippen LogP contribution in [-0.2, 0) is 0 Å². The summed E-state index contributed by atoms with van der Waals surface area (Å²) in [7, 11) is 0. The van der Waals surface area contributed by atoms with E-state index >= 15 is 0 Å². The van der Waals surface area contributed by atoms with Crippen molar-refractivity contribution < 1.29 is 5.11 Å². The van der Waals surface area contributed by atoms with Crippen molar-refractivity contribution in [1.29, 1.82) is 0 Å². The predicted molar refractivity (Wildman–Crippen MR) is 70.7 cm³/mol. The SMILES string of the molecule is CCC/C=C/c1ccc2nc([C@H](C)O)[nH]c2c1. The minimum atomic E-state index is -0.554. The van der Waals surface area contributed by atoms with Gasteiger partial charge in [0.05, 0.1) is 11.0 Å². The molecular weight excluding hydrogens is 212 g/mol. The molecule has 1 aromatic carbocycles. The summed E-state index contributed by atoms with van der Waals surface area (Å²) >= 11 is 0. The van der Waals surface area contributed by atoms with Gasteiger partial charge in [0.25, 0.3) is 0 Å². The number of unbranched alkanes of at least 4 members (excludes halogenated alkanes) is 1. The molecule has 0 fully saturated rings. The largest absolute Gasteiger partial charge is 0.385 e. The Balaban J connectivity index is 2.30. The third-order valence-corrected chi connectivity index (χ3v) is 2.69. The van der Waals surface area contributed by atoms with Crippen LogP contribution < -0.4 is 0 Å². The second-order valence-corrected chi connectivity index (χ2v) is 4.27. The first-order chi connectivity index (χ1) is 8.20. The van der Waals surface area contributed by atoms with E-state index in [-0.39, 0.29) is 0 Å². The molecule has 0 aliphatic carbocycles. The summed E-state index contributed by atoms with van der Waals surface area (Å²) in [5, 5.41) is 9.46. The van der Waals surface area contributed by atoms with Gasteiger partial charge in [0.2, 0.25) is 0 Å². The average molecular weight is 230 g/mol. The monoisotopic (exact) mass is 230 g/mol. The van der Waals surface area contributed by atoms with E-state index in [1.165, 1.54) is 0 Å². The molecule has 1 atom stereocenters. The third kappa shape index (κ3) is 2.74. The van der Waals surface area contributed by atoms with Crippen LogP contribution in [0.1, 0.15) is 44.2 Å². The summed E-state index contributed by atoms with van der Waals surface area (Å²) in [5.74, 6) is 0.620. The van der Waals surface area contributed by atoms with E-state index in [0.717, 1.165) is 29.4 Å². The first-order valence-electron chi connectivity index (χ1n) is 6.05. The van der Waals surface area contributed by atoms with E-state index in [9.17, 15) is 5.11 Å². The fraction of sp³-hybridized carbons (Fsp3) is 0.357. The minimum Gasteiger partial charge on any atom is -0.385 e. The van der Waals surface area contributed by atoms with Gasteiger partial charge in [-0.3, -0.25) is 0 Å². The number of hydrogen-bond acceptors (Lipinski definition) is 2. The number of imidazole rings is 1. The van der Waals surface area contributed by atoms with Crippen molar-refractivity contribution in [3.63, 3.8) is 0 Å². The molecule has 1 heterocycles. The Morgan fingerprint density at radius 3 is 3.00 bits per heavy atom. The smallest absolute Gasteiger partial charge is 0.135 e. The van der Waals surface area contributed by atoms with Gasteiger partial charge in [-0.2, -0.15) is 0 Å². The Bertz CT molecular complexity index is 526. The van der Waals surface area contributed by atoms with Gasteiger partial charge < -0.3 is 10.1 Å². The zero-order valence-electron chi connectivity index (χ0n) is 10.3. The summed E-state index contributed by atoms with van der Waals surface area (Å²) in [4.78, 5) is 7.45. The number of aromatic amines is 1. The lowest BCUT2D eigenvalue weighted by molar-refractivity contribution is 0.190. The first kappa shape index (κ1) is 11.9. The summed E-state index contributed by atoms with van der Waals surface area (Å²) in [6.45, 7) is 3.87. The Morgan fingerprint density at radius 2 is 2.29 bits per heavy atom. The lowest BCUT2D eigenvalue weighted by atomic mass is 10.1. The topological polar surface area (TPSA) is 48.9 Å². The number of nitrogens with zero attached hydrogens (tertiary/aromatic N) is 1. The van der Waals surface area contributed by atoms with Gasteiger partial charge in [-0.15, -0.1) is 0 Å². The molecule has 0 saturated heterocycles. The highest BCUT2D eigenvalue weighted by Crippen LogP contribution is 2.18. The van der Waals surface area contributed by atoms with Crippen LogP contribution in [0.2, 0.25) is 0 Å². The molecule has 3 heteroatoms. The third-order valence-electron chi connectivity index (χ3n) is 2.69. The van der Waals surface area contributed by atoms with E-state index < -0.39 is 6.10 Å². The number of nitrogens with one attached hydrogen (secondary N) is 1. The molecule has 0 saturated carbocycles. The Hall–Kier alpha value is -1.61. The molecule has 0 spiro atoms. The van der Waals surface area contributed by atoms with Crippen LogP contribution >= 0.6 is 0 Å². The van der Waals surface area contributed by atoms with Crippen molar-refractivity contribution in [3.05, 3.63) is 35.7 Å². The number of benzene rings is 1. The molecule has 17 heavy (non-hydrogen) atoms. The number of aliphatic hydroxyl groups excluding tert-OH is 1. The second-order valence-electron chi connectivity index (χ2n) is 4.27. The van der Waals surface area contributed by atoms with Gasteiger partial charge in [-0.05, 0) is 31.0 Å². The van der Waals surface area contributed by atoms with E-state index in [0.29, 0.717) is 5.82 Å². The second kappa shape index (κ2) is 5.15. The van der Waals surface area contributed by atoms with Crippen molar-refractivity contribution in [2.24, 2.45) is 0 Å². The van der Waals surface area contributed by atoms with Gasteiger partial charge in [0.1, 0.15) is 11.9 Å². The van der Waals surface area contributed by atoms with Crippen LogP contribution in [0.3, 0.4) is 0 Å². The molecule has 3 nitrogen and oxygen atoms in total. The summed E-state index contributed by atoms with van der Waals surface area (Å²) in [5.41, 5.74) is 3.03. The number of hydrogen-bond donors (Lipinski definition) is 2. The Kier molecular flexibility index (Phi) is 3.59. The summed E-state index contributed by atoms with van der Waals surface area (Å²) in [6, 6.07) is 6.07. The van der Waals surface area contributed by atoms with Crippen LogP contribution in [0.4, 0.5) is 0 Å². The number of aromatic nitrogens is 2. The van der Waals surface area contributed by atoms with E-state index in [1.54, 1.807) is 6.92 Å². The number of allylic oxidation sites excluding steroid dienone is 1. The quantitative estimate of drug-likeness (QED) is 0.845. The van der Waals surface area contributed by atoms with Crippen LogP contribution in [0.25, 0.3) is 17.1 Å². The maximum Gasteiger partial charge on any atom is 0.135 e. The molecule has 90 valence electrons. The van der Waals surface area contributed by atoms with Crippen LogP contribution in [-0.4, -0.2) is 15.1 Å². The van der Waals surface area contributed by atoms with Crippen LogP contribution in [0, 0.1) is 0 Å². The lowest BCUT2D eigenvalue weighted by Gasteiger charge is -1.95. The molecule has 2 rings (SSSR count). The molecule has 0 bridgehead atoms. The molecular formula is C14H18N2O. The Labute approximate surface area is 101 Å². The molecule has 1 aromatic heterocycles.